The van der Waals surface area contributed by atoms with E-state index in [0.29, 0.717) is 22.7 Å². The first-order chi connectivity index (χ1) is 17.1. The number of hydrogen-bond donors (Lipinski definition) is 1. The van der Waals surface area contributed by atoms with Gasteiger partial charge in [-0.25, -0.2) is 9.59 Å². The maximum atomic E-state index is 13.1. The second kappa shape index (κ2) is 9.85. The number of methoxy groups -OCH3 is 1. The molecular weight excluding hydrogens is 468 g/mol. The molecule has 2 aromatic heterocycles. The molecule has 5 rings (SSSR count). The molecule has 0 saturated carbocycles. The smallest absolute Gasteiger partial charge is 0.345 e. The normalized spacial score (nSPS) is 18.4. The van der Waals surface area contributed by atoms with Crippen molar-refractivity contribution in [1.29, 1.82) is 0 Å². The minimum atomic E-state index is -0.910. The van der Waals surface area contributed by atoms with Gasteiger partial charge >= 0.3 is 12.0 Å². The molecule has 9 nitrogen and oxygen atoms in total. The van der Waals surface area contributed by atoms with E-state index >= 15 is 0 Å². The van der Waals surface area contributed by atoms with Crippen LogP contribution in [0.5, 0.6) is 0 Å². The lowest BCUT2D eigenvalue weighted by Crippen LogP contribution is -2.38. The predicted molar refractivity (Wildman–Crippen MR) is 127 cm³/mol. The number of carbonyl (C=O) groups is 3. The summed E-state index contributed by atoms with van der Waals surface area (Å²) in [7, 11) is 1.29. The summed E-state index contributed by atoms with van der Waals surface area (Å²) in [6, 6.07) is 13.4. The molecule has 2 aliphatic heterocycles. The molecule has 1 unspecified atom stereocenters. The Morgan fingerprint density at radius 1 is 1.14 bits per heavy atom. The lowest BCUT2D eigenvalue weighted by molar-refractivity contribution is -0.146. The number of carbonyl (C=O) groups excluding carboxylic acids is 3. The third-order valence-corrected chi connectivity index (χ3v) is 7.31. The van der Waals surface area contributed by atoms with Gasteiger partial charge < -0.3 is 15.0 Å². The zero-order valence-electron chi connectivity index (χ0n) is 19.0. The molecule has 180 valence electrons. The van der Waals surface area contributed by atoms with Gasteiger partial charge in [-0.05, 0) is 41.3 Å². The fourth-order valence-corrected chi connectivity index (χ4v) is 5.59. The van der Waals surface area contributed by atoms with Gasteiger partial charge in [-0.15, -0.1) is 11.3 Å². The Labute approximate surface area is 206 Å². The van der Waals surface area contributed by atoms with Crippen molar-refractivity contribution >= 4 is 29.2 Å². The second-order valence-electron chi connectivity index (χ2n) is 8.25. The number of aromatic nitrogens is 1. The number of hydrogen-bond acceptors (Lipinski definition) is 7. The molecule has 3 aromatic rings. The highest BCUT2D eigenvalue weighted by atomic mass is 32.1. The lowest BCUT2D eigenvalue weighted by atomic mass is 9.99. The summed E-state index contributed by atoms with van der Waals surface area (Å²) in [6.07, 6.45) is 4.11. The van der Waals surface area contributed by atoms with Gasteiger partial charge in [0, 0.05) is 23.8 Å². The Hall–Kier alpha value is -3.76. The highest BCUT2D eigenvalue weighted by Gasteiger charge is 2.52. The topological polar surface area (TPSA) is 101 Å². The molecule has 1 fully saturated rings. The van der Waals surface area contributed by atoms with Crippen LogP contribution in [-0.4, -0.2) is 53.1 Å². The van der Waals surface area contributed by atoms with Crippen LogP contribution >= 0.6 is 11.3 Å². The van der Waals surface area contributed by atoms with E-state index < -0.39 is 24.1 Å². The van der Waals surface area contributed by atoms with E-state index in [4.69, 9.17) is 9.57 Å². The highest BCUT2D eigenvalue weighted by Crippen LogP contribution is 2.48. The Morgan fingerprint density at radius 2 is 1.91 bits per heavy atom. The van der Waals surface area contributed by atoms with Crippen molar-refractivity contribution in [3.8, 4) is 0 Å². The van der Waals surface area contributed by atoms with Crippen molar-refractivity contribution in [1.82, 2.24) is 20.3 Å². The molecule has 1 saturated heterocycles. The molecule has 2 atom stereocenters. The van der Waals surface area contributed by atoms with E-state index in [1.165, 1.54) is 28.4 Å². The first-order valence-electron chi connectivity index (χ1n) is 11.2. The van der Waals surface area contributed by atoms with E-state index in [1.54, 1.807) is 18.5 Å². The number of ether oxygens (including phenoxy) is 1. The molecule has 35 heavy (non-hydrogen) atoms. The fourth-order valence-electron chi connectivity index (χ4n) is 4.35. The Bertz CT molecular complexity index is 1230. The van der Waals surface area contributed by atoms with Gasteiger partial charge in [0.2, 0.25) is 0 Å². The zero-order valence-corrected chi connectivity index (χ0v) is 19.9. The van der Waals surface area contributed by atoms with Gasteiger partial charge in [-0.1, -0.05) is 30.3 Å². The lowest BCUT2D eigenvalue weighted by Gasteiger charge is -2.28. The number of benzene rings is 1. The predicted octanol–water partition coefficient (Wildman–Crippen LogP) is 3.25. The average molecular weight is 493 g/mol. The second-order valence-corrected chi connectivity index (χ2v) is 9.34. The van der Waals surface area contributed by atoms with Gasteiger partial charge in [-0.3, -0.25) is 14.6 Å². The number of nitrogens with zero attached hydrogens (tertiary/aromatic N) is 3. The summed E-state index contributed by atoms with van der Waals surface area (Å²) in [5, 5.41) is 4.25. The number of rotatable bonds is 8. The molecule has 0 spiro atoms. The zero-order chi connectivity index (χ0) is 24.4. The number of amides is 3. The van der Waals surface area contributed by atoms with Crippen LogP contribution in [0, 0.1) is 0 Å². The van der Waals surface area contributed by atoms with Crippen LogP contribution in [-0.2, 0) is 27.4 Å². The Morgan fingerprint density at radius 3 is 2.66 bits per heavy atom. The quantitative estimate of drug-likeness (QED) is 0.485. The van der Waals surface area contributed by atoms with Gasteiger partial charge in [0.1, 0.15) is 12.6 Å². The van der Waals surface area contributed by atoms with Crippen LogP contribution in [0.3, 0.4) is 0 Å². The summed E-state index contributed by atoms with van der Waals surface area (Å²) in [5.41, 5.74) is 2.73. The third-order valence-electron chi connectivity index (χ3n) is 6.11. The van der Waals surface area contributed by atoms with Crippen LogP contribution in [0.1, 0.15) is 43.3 Å². The number of nitrogens with one attached hydrogen (secondary N) is 1. The molecule has 3 amide bonds. The minimum absolute atomic E-state index is 0.210. The van der Waals surface area contributed by atoms with E-state index in [1.807, 2.05) is 42.5 Å². The van der Waals surface area contributed by atoms with E-state index in [-0.39, 0.29) is 19.1 Å². The SMILES string of the molecule is COC(=O)C1c2sc(C(=O)NCCc3ccncc3)cc2[C@H]2CN1C(=O)N2OCc1ccccc1. The largest absolute Gasteiger partial charge is 0.467 e. The maximum Gasteiger partial charge on any atom is 0.345 e. The van der Waals surface area contributed by atoms with Crippen LogP contribution < -0.4 is 5.32 Å². The summed E-state index contributed by atoms with van der Waals surface area (Å²) < 4.78 is 5.00. The van der Waals surface area contributed by atoms with Crippen LogP contribution in [0.4, 0.5) is 4.79 Å². The van der Waals surface area contributed by atoms with Gasteiger partial charge in [0.25, 0.3) is 5.91 Å². The minimum Gasteiger partial charge on any atom is -0.467 e. The molecule has 1 aromatic carbocycles. The maximum absolute atomic E-state index is 13.1. The number of esters is 1. The van der Waals surface area contributed by atoms with Crippen LogP contribution in [0.25, 0.3) is 0 Å². The number of hydroxylamine groups is 2. The average Bonchev–Trinajstić information content (AvgIpc) is 3.45. The number of fused-ring (bicyclic) bond motifs is 4. The van der Waals surface area contributed by atoms with Crippen LogP contribution in [0.2, 0.25) is 0 Å². The van der Waals surface area contributed by atoms with Gasteiger partial charge in [0.15, 0.2) is 6.04 Å². The van der Waals surface area contributed by atoms with Crippen molar-refractivity contribution in [2.24, 2.45) is 0 Å². The van der Waals surface area contributed by atoms with Crippen molar-refractivity contribution in [3.63, 3.8) is 0 Å². The monoisotopic (exact) mass is 492 g/mol. The first kappa shape index (κ1) is 23.0. The van der Waals surface area contributed by atoms with E-state index in [9.17, 15) is 14.4 Å². The van der Waals surface area contributed by atoms with E-state index in [2.05, 4.69) is 10.3 Å². The molecule has 4 heterocycles. The summed E-state index contributed by atoms with van der Waals surface area (Å²) in [4.78, 5) is 51.2. The number of pyridine rings is 1. The summed E-state index contributed by atoms with van der Waals surface area (Å²) in [5.74, 6) is -0.773. The Balaban J connectivity index is 1.36. The Kier molecular flexibility index (Phi) is 6.47. The van der Waals surface area contributed by atoms with E-state index in [0.717, 1.165) is 16.7 Å². The highest BCUT2D eigenvalue weighted by molar-refractivity contribution is 7.14. The van der Waals surface area contributed by atoms with Crippen molar-refractivity contribution in [2.45, 2.75) is 25.1 Å². The van der Waals surface area contributed by atoms with Gasteiger partial charge in [0.05, 0.1) is 18.5 Å². The third kappa shape index (κ3) is 4.50. The standard InChI is InChI=1S/C25H24N4O5S/c1-33-24(31)21-22-18(13-20(35-22)23(30)27-12-9-16-7-10-26-11-8-16)19-14-28(21)25(32)29(19)34-15-17-5-3-2-4-6-17/h2-8,10-11,13,19,21H,9,12,14-15H2,1H3,(H,27,30)/t19-,21?/m1/s1. The molecule has 2 aliphatic rings. The number of urea groups is 1. The van der Waals surface area contributed by atoms with Crippen LogP contribution in [0.15, 0.2) is 60.9 Å². The molecule has 10 heteroatoms. The first-order valence-corrected chi connectivity index (χ1v) is 12.0. The molecular formula is C25H24N4O5S. The van der Waals surface area contributed by atoms with Gasteiger partial charge in [-0.2, -0.15) is 5.06 Å². The molecule has 2 bridgehead atoms. The molecule has 0 radical (unpaired) electrons. The van der Waals surface area contributed by atoms with Crippen molar-refractivity contribution < 1.29 is 24.0 Å². The molecule has 0 aliphatic carbocycles. The summed E-state index contributed by atoms with van der Waals surface area (Å²) in [6.45, 7) is 0.952. The number of thiophene rings is 1. The molecule has 1 N–H and O–H groups in total. The van der Waals surface area contributed by atoms with Crippen molar-refractivity contribution in [3.05, 3.63) is 87.4 Å². The fraction of sp³-hybridized carbons (Fsp3) is 0.280. The summed E-state index contributed by atoms with van der Waals surface area (Å²) >= 11 is 1.21. The van der Waals surface area contributed by atoms with Crippen molar-refractivity contribution in [2.75, 3.05) is 20.2 Å².